The minimum Gasteiger partial charge on any atom is -0.301 e. The topological polar surface area (TPSA) is 98.0 Å². The van der Waals surface area contributed by atoms with Crippen molar-refractivity contribution in [3.05, 3.63) is 27.8 Å². The predicted molar refractivity (Wildman–Crippen MR) is 86.9 cm³/mol. The Hall–Kier alpha value is -2.63. The largest absolute Gasteiger partial charge is 0.453 e. The van der Waals surface area contributed by atoms with Crippen LogP contribution < -0.4 is 5.32 Å². The van der Waals surface area contributed by atoms with Crippen molar-refractivity contribution in [3.8, 4) is 0 Å². The highest BCUT2D eigenvalue weighted by atomic mass is 32.1. The van der Waals surface area contributed by atoms with E-state index < -0.39 is 12.0 Å². The van der Waals surface area contributed by atoms with Gasteiger partial charge in [0.15, 0.2) is 0 Å². The second-order valence-corrected chi connectivity index (χ2v) is 6.76. The molecule has 12 heteroatoms. The van der Waals surface area contributed by atoms with Crippen LogP contribution in [0.3, 0.4) is 0 Å². The van der Waals surface area contributed by atoms with E-state index in [9.17, 15) is 18.0 Å². The van der Waals surface area contributed by atoms with Crippen molar-refractivity contribution in [3.63, 3.8) is 0 Å². The molecule has 3 rings (SSSR count). The Kier molecular flexibility index (Phi) is 4.61. The number of carbonyl (C=O) groups excluding carboxylic acids is 1. The molecule has 0 spiro atoms. The quantitative estimate of drug-likeness (QED) is 0.741. The van der Waals surface area contributed by atoms with Crippen LogP contribution in [0.25, 0.3) is 5.78 Å². The third kappa shape index (κ3) is 3.64. The monoisotopic (exact) mass is 385 g/mol. The van der Waals surface area contributed by atoms with Crippen LogP contribution in [-0.4, -0.2) is 35.7 Å². The summed E-state index contributed by atoms with van der Waals surface area (Å²) in [7, 11) is 0. The fraction of sp³-hybridized carbons (Fsp3) is 0.429. The molecule has 0 fully saturated rings. The first-order valence-corrected chi connectivity index (χ1v) is 8.37. The second kappa shape index (κ2) is 6.59. The fourth-order valence-electron chi connectivity index (χ4n) is 2.46. The first-order valence-electron chi connectivity index (χ1n) is 7.55. The van der Waals surface area contributed by atoms with Gasteiger partial charge in [-0.05, 0) is 32.8 Å². The molecule has 0 atom stereocenters. The molecule has 8 nitrogen and oxygen atoms in total. The molecule has 3 aromatic heterocycles. The first kappa shape index (κ1) is 18.2. The summed E-state index contributed by atoms with van der Waals surface area (Å²) in [6, 6.07) is 0. The molecule has 0 saturated heterocycles. The zero-order valence-electron chi connectivity index (χ0n) is 14.0. The molecule has 0 aromatic carbocycles. The molecule has 0 aliphatic rings. The van der Waals surface area contributed by atoms with Crippen LogP contribution in [0, 0.1) is 20.8 Å². The zero-order chi connectivity index (χ0) is 19.1. The Morgan fingerprint density at radius 1 is 1.19 bits per heavy atom. The normalized spacial score (nSPS) is 11.9. The number of nitrogens with one attached hydrogen (secondary N) is 1. The van der Waals surface area contributed by atoms with Crippen molar-refractivity contribution >= 4 is 28.2 Å². The van der Waals surface area contributed by atoms with Gasteiger partial charge in [-0.25, -0.2) is 9.50 Å². The van der Waals surface area contributed by atoms with Crippen LogP contribution >= 0.6 is 11.3 Å². The van der Waals surface area contributed by atoms with Gasteiger partial charge in [0.1, 0.15) is 5.01 Å². The minimum atomic E-state index is -4.64. The second-order valence-electron chi connectivity index (χ2n) is 5.58. The molecule has 0 aliphatic heterocycles. The van der Waals surface area contributed by atoms with Gasteiger partial charge in [0.05, 0.1) is 0 Å². The number of hydrogen-bond acceptors (Lipinski definition) is 7. The standard InChI is InChI=1S/C14H14F3N7OS/c1-6-9(4-5-10(25)19-13-22-21-8(3)26-13)7(2)24-12(18-6)20-11(23-24)14(15,16)17/h4-5H2,1-3H3,(H,19,22,25). The lowest BCUT2D eigenvalue weighted by Crippen LogP contribution is -2.14. The first-order chi connectivity index (χ1) is 12.1. The van der Waals surface area contributed by atoms with E-state index in [2.05, 4.69) is 30.6 Å². The Morgan fingerprint density at radius 2 is 1.92 bits per heavy atom. The van der Waals surface area contributed by atoms with Crippen molar-refractivity contribution < 1.29 is 18.0 Å². The number of amides is 1. The van der Waals surface area contributed by atoms with Gasteiger partial charge >= 0.3 is 6.18 Å². The number of nitrogens with zero attached hydrogens (tertiary/aromatic N) is 6. The Labute approximate surface area is 149 Å². The number of carbonyl (C=O) groups is 1. The van der Waals surface area contributed by atoms with E-state index in [4.69, 9.17) is 0 Å². The Balaban J connectivity index is 1.80. The summed E-state index contributed by atoms with van der Waals surface area (Å²) in [6.45, 7) is 5.06. The number of halogens is 3. The van der Waals surface area contributed by atoms with Gasteiger partial charge < -0.3 is 5.32 Å². The molecular formula is C14H14F3N7OS. The maximum atomic E-state index is 12.8. The van der Waals surface area contributed by atoms with Crippen LogP contribution in [0.5, 0.6) is 0 Å². The predicted octanol–water partition coefficient (Wildman–Crippen LogP) is 2.49. The number of rotatable bonds is 4. The highest BCUT2D eigenvalue weighted by Crippen LogP contribution is 2.27. The van der Waals surface area contributed by atoms with Gasteiger partial charge in [-0.2, -0.15) is 18.2 Å². The number of fused-ring (bicyclic) bond motifs is 1. The lowest BCUT2D eigenvalue weighted by atomic mass is 10.1. The Bertz CT molecular complexity index is 979. The average molecular weight is 385 g/mol. The zero-order valence-corrected chi connectivity index (χ0v) is 14.9. The highest BCUT2D eigenvalue weighted by molar-refractivity contribution is 7.15. The summed E-state index contributed by atoms with van der Waals surface area (Å²) in [6.07, 6.45) is -4.23. The van der Waals surface area contributed by atoms with Crippen molar-refractivity contribution in [2.75, 3.05) is 5.32 Å². The lowest BCUT2D eigenvalue weighted by Gasteiger charge is -2.09. The van der Waals surface area contributed by atoms with Crippen molar-refractivity contribution in [1.82, 2.24) is 29.8 Å². The molecule has 3 heterocycles. The molecule has 1 amide bonds. The average Bonchev–Trinajstić information content (AvgIpc) is 3.13. The van der Waals surface area contributed by atoms with Gasteiger partial charge in [-0.15, -0.1) is 15.3 Å². The third-order valence-electron chi connectivity index (χ3n) is 3.68. The third-order valence-corrected chi connectivity index (χ3v) is 4.43. The molecule has 0 unspecified atom stereocenters. The molecule has 1 N–H and O–H groups in total. The summed E-state index contributed by atoms with van der Waals surface area (Å²) in [5, 5.41) is 14.9. The molecule has 3 aromatic rings. The summed E-state index contributed by atoms with van der Waals surface area (Å²) in [5.41, 5.74) is 1.63. The van der Waals surface area contributed by atoms with Gasteiger partial charge in [-0.3, -0.25) is 4.79 Å². The summed E-state index contributed by atoms with van der Waals surface area (Å²) in [4.78, 5) is 19.5. The van der Waals surface area contributed by atoms with Gasteiger partial charge in [0.25, 0.3) is 11.6 Å². The SMILES string of the molecule is Cc1nnc(NC(=O)CCc2c(C)nc3nc(C(F)(F)F)nn3c2C)s1. The van der Waals surface area contributed by atoms with E-state index in [1.807, 2.05) is 0 Å². The van der Waals surface area contributed by atoms with E-state index in [1.54, 1.807) is 20.8 Å². The van der Waals surface area contributed by atoms with E-state index in [0.717, 1.165) is 9.52 Å². The number of aryl methyl sites for hydroxylation is 3. The van der Waals surface area contributed by atoms with E-state index in [-0.39, 0.29) is 18.1 Å². The molecule has 0 bridgehead atoms. The highest BCUT2D eigenvalue weighted by Gasteiger charge is 2.36. The number of alkyl halides is 3. The maximum Gasteiger partial charge on any atom is 0.453 e. The van der Waals surface area contributed by atoms with Crippen LogP contribution in [0.4, 0.5) is 18.3 Å². The number of hydrogen-bond donors (Lipinski definition) is 1. The van der Waals surface area contributed by atoms with Crippen molar-refractivity contribution in [2.45, 2.75) is 39.8 Å². The van der Waals surface area contributed by atoms with Gasteiger partial charge in [0.2, 0.25) is 11.0 Å². The molecule has 26 heavy (non-hydrogen) atoms. The van der Waals surface area contributed by atoms with Gasteiger partial charge in [0, 0.05) is 17.8 Å². The summed E-state index contributed by atoms with van der Waals surface area (Å²) >= 11 is 1.26. The van der Waals surface area contributed by atoms with Crippen molar-refractivity contribution in [1.29, 1.82) is 0 Å². The van der Waals surface area contributed by atoms with Gasteiger partial charge in [-0.1, -0.05) is 11.3 Å². The van der Waals surface area contributed by atoms with Crippen LogP contribution in [0.2, 0.25) is 0 Å². The molecule has 0 aliphatic carbocycles. The van der Waals surface area contributed by atoms with E-state index >= 15 is 0 Å². The van der Waals surface area contributed by atoms with Crippen LogP contribution in [-0.2, 0) is 17.4 Å². The van der Waals surface area contributed by atoms with Crippen molar-refractivity contribution in [2.24, 2.45) is 0 Å². The van der Waals surface area contributed by atoms with E-state index in [1.165, 1.54) is 11.3 Å². The summed E-state index contributed by atoms with van der Waals surface area (Å²) in [5.74, 6) is -1.63. The maximum absolute atomic E-state index is 12.8. The van der Waals surface area contributed by atoms with Crippen LogP contribution in [0.15, 0.2) is 0 Å². The number of aromatic nitrogens is 6. The number of anilines is 1. The van der Waals surface area contributed by atoms with Crippen LogP contribution in [0.1, 0.15) is 34.2 Å². The lowest BCUT2D eigenvalue weighted by molar-refractivity contribution is -0.144. The molecular weight excluding hydrogens is 371 g/mol. The summed E-state index contributed by atoms with van der Waals surface area (Å²) < 4.78 is 39.4. The Morgan fingerprint density at radius 3 is 2.54 bits per heavy atom. The molecule has 0 saturated carbocycles. The molecule has 138 valence electrons. The van der Waals surface area contributed by atoms with E-state index in [0.29, 0.717) is 28.5 Å². The molecule has 0 radical (unpaired) electrons. The smallest absolute Gasteiger partial charge is 0.301 e. The fourth-order valence-corrected chi connectivity index (χ4v) is 3.07. The minimum absolute atomic E-state index is 0.119.